The Balaban J connectivity index is 2.34. The molecule has 0 aliphatic carbocycles. The van der Waals surface area contributed by atoms with Gasteiger partial charge in [-0.2, -0.15) is 0 Å². The molecule has 0 bridgehead atoms. The molecule has 6 amide bonds. The third-order valence-corrected chi connectivity index (χ3v) is 9.01. The van der Waals surface area contributed by atoms with Crippen LogP contribution >= 0.6 is 23.5 Å². The van der Waals surface area contributed by atoms with Gasteiger partial charge in [0.15, 0.2) is 7.85 Å². The number of rotatable bonds is 21. The Kier molecular flexibility index (Phi) is 18.3. The van der Waals surface area contributed by atoms with E-state index >= 15 is 0 Å². The van der Waals surface area contributed by atoms with Crippen LogP contribution in [0, 0.1) is 0 Å². The summed E-state index contributed by atoms with van der Waals surface area (Å²) in [5.74, 6) is -1.46. The molecule has 12 nitrogen and oxygen atoms in total. The first-order valence-electron chi connectivity index (χ1n) is 14.8. The quantitative estimate of drug-likeness (QED) is 0.0619. The number of carbonyl (C=O) groups excluding carboxylic acids is 7. The lowest BCUT2D eigenvalue weighted by Gasteiger charge is -2.21. The predicted molar refractivity (Wildman–Crippen MR) is 169 cm³/mol. The normalized spacial score (nSPS) is 17.5. The Morgan fingerprint density at radius 1 is 0.884 bits per heavy atom. The van der Waals surface area contributed by atoms with E-state index in [0.29, 0.717) is 12.3 Å². The van der Waals surface area contributed by atoms with Crippen molar-refractivity contribution in [2.75, 3.05) is 18.2 Å². The van der Waals surface area contributed by atoms with E-state index in [9.17, 15) is 33.6 Å². The second-order valence-electron chi connectivity index (χ2n) is 10.7. The lowest BCUT2D eigenvalue weighted by molar-refractivity contribution is -0.139. The van der Waals surface area contributed by atoms with Gasteiger partial charge in [0.1, 0.15) is 18.1 Å². The van der Waals surface area contributed by atoms with Crippen molar-refractivity contribution in [2.24, 2.45) is 0 Å². The molecule has 5 atom stereocenters. The van der Waals surface area contributed by atoms with Gasteiger partial charge in [-0.3, -0.25) is 33.7 Å². The number of nitrogens with one attached hydrogen (secondary N) is 4. The Morgan fingerprint density at radius 3 is 2.09 bits per heavy atom. The van der Waals surface area contributed by atoms with Crippen molar-refractivity contribution in [2.45, 2.75) is 115 Å². The van der Waals surface area contributed by atoms with Gasteiger partial charge in [0.2, 0.25) is 35.4 Å². The van der Waals surface area contributed by atoms with Crippen LogP contribution in [0.1, 0.15) is 86.0 Å². The van der Waals surface area contributed by atoms with Crippen molar-refractivity contribution in [1.29, 1.82) is 0 Å². The van der Waals surface area contributed by atoms with Crippen LogP contribution in [0.15, 0.2) is 0 Å². The van der Waals surface area contributed by atoms with Gasteiger partial charge in [-0.05, 0) is 52.2 Å². The molecule has 1 aliphatic rings. The lowest BCUT2D eigenvalue weighted by atomic mass is 9.97. The summed E-state index contributed by atoms with van der Waals surface area (Å²) in [6, 6.07) is -2.77. The highest BCUT2D eigenvalue weighted by molar-refractivity contribution is 8.01. The SMILES string of the molecule is [B]C(=O)CCCCCSCNC(=O)C(C)NC(=O)C(C)NC(=O)C(C)NC(=O)CCN1C(=O)CC(SC(C)CCC)C1=O. The second-order valence-corrected chi connectivity index (χ2v) is 13.4. The monoisotopic (exact) mass is 639 g/mol. The highest BCUT2D eigenvalue weighted by Crippen LogP contribution is 2.30. The molecule has 2 radical (unpaired) electrons. The van der Waals surface area contributed by atoms with Gasteiger partial charge in [-0.15, -0.1) is 23.5 Å². The van der Waals surface area contributed by atoms with Crippen LogP contribution in [0.3, 0.4) is 0 Å². The Labute approximate surface area is 264 Å². The summed E-state index contributed by atoms with van der Waals surface area (Å²) in [6.45, 7) is 8.47. The fourth-order valence-corrected chi connectivity index (χ4v) is 6.39. The van der Waals surface area contributed by atoms with Crippen LogP contribution < -0.4 is 21.3 Å². The van der Waals surface area contributed by atoms with Crippen molar-refractivity contribution in [3.8, 4) is 0 Å². The molecule has 1 heterocycles. The van der Waals surface area contributed by atoms with Crippen LogP contribution in [0.5, 0.6) is 0 Å². The summed E-state index contributed by atoms with van der Waals surface area (Å²) in [5.41, 5.74) is -0.311. The van der Waals surface area contributed by atoms with Gasteiger partial charge >= 0.3 is 0 Å². The molecule has 1 rings (SSSR count). The Morgan fingerprint density at radius 2 is 1.49 bits per heavy atom. The topological polar surface area (TPSA) is 171 Å². The molecule has 1 fully saturated rings. The number of carbonyl (C=O) groups is 7. The standard InChI is InChI=1S/C28H46BN5O7S2/c1-6-10-17(2)43-21-15-24(37)34(28(21)41)13-12-23(36)31-19(4)26(39)33-20(5)27(40)32-18(3)25(38)30-16-42-14-9-7-8-11-22(29)35/h17-21H,6-16H2,1-5H3,(H,30,38)(H,31,36)(H,32,40)(H,33,39). The first-order chi connectivity index (χ1) is 20.3. The van der Waals surface area contributed by atoms with Crippen LogP contribution in [0.4, 0.5) is 0 Å². The van der Waals surface area contributed by atoms with E-state index in [4.69, 9.17) is 7.85 Å². The third kappa shape index (κ3) is 15.1. The first kappa shape index (κ1) is 38.5. The summed E-state index contributed by atoms with van der Waals surface area (Å²) < 4.78 is 0. The first-order valence-corrected chi connectivity index (χ1v) is 16.9. The minimum Gasteiger partial charge on any atom is -0.345 e. The van der Waals surface area contributed by atoms with Gasteiger partial charge in [0, 0.05) is 24.6 Å². The molecule has 5 unspecified atom stereocenters. The second kappa shape index (κ2) is 20.4. The molecule has 0 saturated carbocycles. The zero-order chi connectivity index (χ0) is 32.5. The van der Waals surface area contributed by atoms with E-state index in [2.05, 4.69) is 28.2 Å². The summed E-state index contributed by atoms with van der Waals surface area (Å²) in [6.07, 6.45) is 4.80. The highest BCUT2D eigenvalue weighted by atomic mass is 32.2. The minimum absolute atomic E-state index is 0.0642. The smallest absolute Gasteiger partial charge is 0.242 e. The van der Waals surface area contributed by atoms with Gasteiger partial charge in [-0.25, -0.2) is 0 Å². The number of amides is 6. The number of hydrogen-bond acceptors (Lipinski definition) is 9. The zero-order valence-electron chi connectivity index (χ0n) is 25.9. The summed E-state index contributed by atoms with van der Waals surface area (Å²) in [5, 5.41) is 10.1. The van der Waals surface area contributed by atoms with Crippen molar-refractivity contribution in [1.82, 2.24) is 26.2 Å². The molecular weight excluding hydrogens is 593 g/mol. The average molecular weight is 640 g/mol. The molecule has 0 aromatic carbocycles. The third-order valence-electron chi connectivity index (χ3n) is 6.69. The number of unbranched alkanes of at least 4 members (excludes halogenated alkanes) is 2. The molecule has 1 saturated heterocycles. The van der Waals surface area contributed by atoms with Crippen LogP contribution in [0.25, 0.3) is 0 Å². The molecule has 4 N–H and O–H groups in total. The van der Waals surface area contributed by atoms with E-state index in [-0.39, 0.29) is 48.0 Å². The number of hydrogen-bond donors (Lipinski definition) is 4. The average Bonchev–Trinajstić information content (AvgIpc) is 3.19. The van der Waals surface area contributed by atoms with Crippen molar-refractivity contribution < 1.29 is 33.6 Å². The van der Waals surface area contributed by atoms with Gasteiger partial charge in [-0.1, -0.05) is 26.7 Å². The maximum Gasteiger partial charge on any atom is 0.242 e. The molecule has 0 spiro atoms. The van der Waals surface area contributed by atoms with Crippen molar-refractivity contribution in [3.63, 3.8) is 0 Å². The van der Waals surface area contributed by atoms with Crippen LogP contribution in [0.2, 0.25) is 0 Å². The minimum atomic E-state index is -0.973. The fraction of sp³-hybridized carbons (Fsp3) is 0.750. The van der Waals surface area contributed by atoms with Crippen LogP contribution in [-0.2, 0) is 33.6 Å². The predicted octanol–water partition coefficient (Wildman–Crippen LogP) is 1.00. The maximum atomic E-state index is 12.6. The summed E-state index contributed by atoms with van der Waals surface area (Å²) in [7, 11) is 5.10. The molecule has 43 heavy (non-hydrogen) atoms. The summed E-state index contributed by atoms with van der Waals surface area (Å²) >= 11 is 3.01. The van der Waals surface area contributed by atoms with Crippen molar-refractivity contribution >= 4 is 72.5 Å². The van der Waals surface area contributed by atoms with E-state index in [0.717, 1.165) is 42.8 Å². The van der Waals surface area contributed by atoms with Gasteiger partial charge in [0.05, 0.1) is 16.8 Å². The molecule has 0 aromatic heterocycles. The van der Waals surface area contributed by atoms with E-state index in [1.807, 2.05) is 6.92 Å². The maximum absolute atomic E-state index is 12.6. The van der Waals surface area contributed by atoms with E-state index in [1.54, 1.807) is 0 Å². The summed E-state index contributed by atoms with van der Waals surface area (Å²) in [4.78, 5) is 86.5. The number of likely N-dealkylation sites (tertiary alicyclic amines) is 1. The van der Waals surface area contributed by atoms with E-state index < -0.39 is 41.1 Å². The van der Waals surface area contributed by atoms with Gasteiger partial charge < -0.3 is 26.1 Å². The van der Waals surface area contributed by atoms with Crippen LogP contribution in [-0.4, -0.2) is 101 Å². The number of imide groups is 1. The Hall–Kier alpha value is -2.55. The molecule has 15 heteroatoms. The largest absolute Gasteiger partial charge is 0.345 e. The lowest BCUT2D eigenvalue weighted by Crippen LogP contribution is -2.54. The zero-order valence-corrected chi connectivity index (χ0v) is 27.5. The number of nitrogens with zero attached hydrogens (tertiary/aromatic N) is 1. The Bertz CT molecular complexity index is 1000. The van der Waals surface area contributed by atoms with Crippen molar-refractivity contribution in [3.05, 3.63) is 0 Å². The number of thioether (sulfide) groups is 2. The fourth-order valence-electron chi connectivity index (χ4n) is 4.18. The molecule has 0 aromatic rings. The molecule has 240 valence electrons. The van der Waals surface area contributed by atoms with Gasteiger partial charge in [0.25, 0.3) is 0 Å². The molecular formula is C28H46BN5O7S2. The van der Waals surface area contributed by atoms with E-state index in [1.165, 1.54) is 44.3 Å². The molecule has 1 aliphatic heterocycles. The highest BCUT2D eigenvalue weighted by Gasteiger charge is 2.39.